The molecule has 2 heterocycles. The third kappa shape index (κ3) is 1.35. The van der Waals surface area contributed by atoms with Crippen molar-refractivity contribution in [2.24, 2.45) is 5.73 Å². The van der Waals surface area contributed by atoms with Crippen molar-refractivity contribution in [1.29, 1.82) is 0 Å². The molecule has 4 N–H and O–H groups in total. The summed E-state index contributed by atoms with van der Waals surface area (Å²) in [5.74, 6) is -1.18. The first-order valence-electron chi connectivity index (χ1n) is 4.34. The molecule has 1 amide bonds. The quantitative estimate of drug-likeness (QED) is 0.502. The van der Waals surface area contributed by atoms with Crippen molar-refractivity contribution >= 4 is 23.6 Å². The number of β-lactam (4-membered cyclic amide) rings is 1. The van der Waals surface area contributed by atoms with Gasteiger partial charge in [0.25, 0.3) is 0 Å². The van der Waals surface area contributed by atoms with Gasteiger partial charge in [0.2, 0.25) is 5.91 Å². The Morgan fingerprint density at radius 2 is 2.33 bits per heavy atom. The second-order valence-corrected chi connectivity index (χ2v) is 4.46. The molecule has 0 aromatic carbocycles. The first-order chi connectivity index (χ1) is 7.07. The molecule has 82 valence electrons. The Kier molecular flexibility index (Phi) is 2.45. The van der Waals surface area contributed by atoms with Crippen molar-refractivity contribution in [3.63, 3.8) is 0 Å². The van der Waals surface area contributed by atoms with Gasteiger partial charge in [-0.05, 0) is 5.57 Å². The maximum atomic E-state index is 11.4. The highest BCUT2D eigenvalue weighted by molar-refractivity contribution is 8.00. The van der Waals surface area contributed by atoms with Crippen molar-refractivity contribution in [2.45, 2.75) is 11.4 Å². The number of carbonyl (C=O) groups is 2. The van der Waals surface area contributed by atoms with Crippen LogP contribution >= 0.6 is 11.8 Å². The van der Waals surface area contributed by atoms with Crippen LogP contribution in [0.3, 0.4) is 0 Å². The zero-order valence-corrected chi connectivity index (χ0v) is 8.53. The first kappa shape index (κ1) is 10.5. The number of hydrogen-bond acceptors (Lipinski definition) is 5. The maximum Gasteiger partial charge on any atom is 0.352 e. The second kappa shape index (κ2) is 3.51. The van der Waals surface area contributed by atoms with Crippen LogP contribution in [0.25, 0.3) is 0 Å². The summed E-state index contributed by atoms with van der Waals surface area (Å²) in [6.07, 6.45) is 0. The molecule has 1 unspecified atom stereocenters. The van der Waals surface area contributed by atoms with Gasteiger partial charge < -0.3 is 15.9 Å². The molecule has 0 bridgehead atoms. The van der Waals surface area contributed by atoms with Gasteiger partial charge in [-0.25, -0.2) is 4.79 Å². The van der Waals surface area contributed by atoms with Crippen LogP contribution in [0.4, 0.5) is 0 Å². The van der Waals surface area contributed by atoms with Crippen molar-refractivity contribution in [3.05, 3.63) is 11.3 Å². The van der Waals surface area contributed by atoms with E-state index in [1.54, 1.807) is 0 Å². The highest BCUT2D eigenvalue weighted by Gasteiger charge is 2.51. The Morgan fingerprint density at radius 1 is 1.67 bits per heavy atom. The molecule has 7 heteroatoms. The average molecular weight is 230 g/mol. The van der Waals surface area contributed by atoms with Crippen LogP contribution < -0.4 is 5.73 Å². The number of carboxylic acid groups (broad SMARTS) is 1. The van der Waals surface area contributed by atoms with Crippen LogP contribution in [0, 0.1) is 0 Å². The molecule has 0 aromatic rings. The lowest BCUT2D eigenvalue weighted by atomic mass is 10.0. The number of aliphatic carboxylic acids is 1. The van der Waals surface area contributed by atoms with E-state index in [4.69, 9.17) is 15.9 Å². The molecule has 15 heavy (non-hydrogen) atoms. The summed E-state index contributed by atoms with van der Waals surface area (Å²) in [5.41, 5.74) is 5.80. The number of aliphatic hydroxyl groups is 1. The van der Waals surface area contributed by atoms with Crippen molar-refractivity contribution in [2.75, 3.05) is 12.4 Å². The van der Waals surface area contributed by atoms with Crippen LogP contribution in [-0.2, 0) is 9.59 Å². The SMILES string of the molecule is NC1C(=O)N2C(C(=O)O)=C(CO)CS[C@H]12. The standard InChI is InChI=1S/C8H10N2O4S/c9-4-6(12)10-5(8(13)14)3(1-11)2-15-7(4)10/h4,7,11H,1-2,9H2,(H,13,14)/t4?,7-/m1/s1. The van der Waals surface area contributed by atoms with E-state index in [9.17, 15) is 9.59 Å². The molecule has 2 atom stereocenters. The molecule has 0 spiro atoms. The Bertz CT molecular complexity index is 368. The van der Waals surface area contributed by atoms with Gasteiger partial charge in [0.1, 0.15) is 17.1 Å². The van der Waals surface area contributed by atoms with Gasteiger partial charge >= 0.3 is 5.97 Å². The average Bonchev–Trinajstić information content (AvgIpc) is 2.25. The Balaban J connectivity index is 2.38. The lowest BCUT2D eigenvalue weighted by Gasteiger charge is -2.47. The summed E-state index contributed by atoms with van der Waals surface area (Å²) in [5, 5.41) is 17.6. The van der Waals surface area contributed by atoms with E-state index >= 15 is 0 Å². The van der Waals surface area contributed by atoms with E-state index in [1.165, 1.54) is 11.8 Å². The zero-order chi connectivity index (χ0) is 11.2. The number of aliphatic hydroxyl groups excluding tert-OH is 1. The number of amides is 1. The Morgan fingerprint density at radius 3 is 2.87 bits per heavy atom. The first-order valence-corrected chi connectivity index (χ1v) is 5.39. The molecule has 2 rings (SSSR count). The molecule has 0 saturated carbocycles. The number of fused-ring (bicyclic) bond motifs is 1. The normalized spacial score (nSPS) is 30.0. The third-order valence-corrected chi connectivity index (χ3v) is 3.84. The van der Waals surface area contributed by atoms with Gasteiger partial charge in [-0.3, -0.25) is 9.69 Å². The Labute approximate surface area is 89.7 Å². The van der Waals surface area contributed by atoms with Crippen LogP contribution in [0.5, 0.6) is 0 Å². The Hall–Kier alpha value is -1.05. The summed E-state index contributed by atoms with van der Waals surface area (Å²) < 4.78 is 0. The minimum atomic E-state index is -1.19. The number of nitrogens with zero attached hydrogens (tertiary/aromatic N) is 1. The van der Waals surface area contributed by atoms with Crippen molar-refractivity contribution in [1.82, 2.24) is 4.90 Å². The van der Waals surface area contributed by atoms with Crippen LogP contribution in [-0.4, -0.2) is 50.8 Å². The molecule has 0 aliphatic carbocycles. The van der Waals surface area contributed by atoms with Gasteiger partial charge in [0.05, 0.1) is 6.61 Å². The van der Waals surface area contributed by atoms with Crippen molar-refractivity contribution in [3.8, 4) is 0 Å². The molecule has 2 aliphatic heterocycles. The number of nitrogens with two attached hydrogens (primary N) is 1. The summed E-state index contributed by atoms with van der Waals surface area (Å²) in [4.78, 5) is 23.5. The number of thioether (sulfide) groups is 1. The molecule has 0 aromatic heterocycles. The molecule has 2 aliphatic rings. The van der Waals surface area contributed by atoms with Gasteiger partial charge in [-0.2, -0.15) is 0 Å². The largest absolute Gasteiger partial charge is 0.477 e. The molecule has 6 nitrogen and oxygen atoms in total. The summed E-state index contributed by atoms with van der Waals surface area (Å²) in [6.45, 7) is -0.347. The van der Waals surface area contributed by atoms with E-state index in [2.05, 4.69) is 0 Å². The molecule has 1 fully saturated rings. The fraction of sp³-hybridized carbons (Fsp3) is 0.500. The topological polar surface area (TPSA) is 104 Å². The van der Waals surface area contributed by atoms with E-state index in [-0.39, 0.29) is 17.7 Å². The van der Waals surface area contributed by atoms with E-state index < -0.39 is 17.9 Å². The third-order valence-electron chi connectivity index (χ3n) is 2.48. The zero-order valence-electron chi connectivity index (χ0n) is 7.71. The number of rotatable bonds is 2. The fourth-order valence-corrected chi connectivity index (χ4v) is 2.98. The number of carbonyl (C=O) groups excluding carboxylic acids is 1. The maximum absolute atomic E-state index is 11.4. The second-order valence-electron chi connectivity index (χ2n) is 3.35. The minimum Gasteiger partial charge on any atom is -0.477 e. The minimum absolute atomic E-state index is 0.104. The number of carboxylic acids is 1. The van der Waals surface area contributed by atoms with Gasteiger partial charge in [0, 0.05) is 5.75 Å². The lowest BCUT2D eigenvalue weighted by Crippen LogP contribution is -2.68. The van der Waals surface area contributed by atoms with Crippen LogP contribution in [0.2, 0.25) is 0 Å². The van der Waals surface area contributed by atoms with Gasteiger partial charge in [0.15, 0.2) is 0 Å². The summed E-state index contributed by atoms with van der Waals surface area (Å²) in [6, 6.07) is -0.621. The molecule has 1 saturated heterocycles. The highest BCUT2D eigenvalue weighted by Crippen LogP contribution is 2.39. The predicted octanol–water partition coefficient (Wildman–Crippen LogP) is -1.44. The van der Waals surface area contributed by atoms with E-state index in [0.717, 1.165) is 4.90 Å². The fourth-order valence-electron chi connectivity index (χ4n) is 1.70. The predicted molar refractivity (Wildman–Crippen MR) is 52.8 cm³/mol. The lowest BCUT2D eigenvalue weighted by molar-refractivity contribution is -0.148. The highest BCUT2D eigenvalue weighted by atomic mass is 32.2. The molecular weight excluding hydrogens is 220 g/mol. The van der Waals surface area contributed by atoms with Gasteiger partial charge in [-0.1, -0.05) is 0 Å². The van der Waals surface area contributed by atoms with Crippen molar-refractivity contribution < 1.29 is 19.8 Å². The van der Waals surface area contributed by atoms with E-state index in [0.29, 0.717) is 11.3 Å². The van der Waals surface area contributed by atoms with Crippen LogP contribution in [0.1, 0.15) is 0 Å². The smallest absolute Gasteiger partial charge is 0.352 e. The summed E-state index contributed by atoms with van der Waals surface area (Å²) in [7, 11) is 0. The van der Waals surface area contributed by atoms with Crippen LogP contribution in [0.15, 0.2) is 11.3 Å². The van der Waals surface area contributed by atoms with E-state index in [1.807, 2.05) is 0 Å². The monoisotopic (exact) mass is 230 g/mol. The number of hydrogen-bond donors (Lipinski definition) is 3. The molecular formula is C8H10N2O4S. The van der Waals surface area contributed by atoms with Gasteiger partial charge in [-0.15, -0.1) is 11.8 Å². The molecule has 0 radical (unpaired) electrons. The summed E-state index contributed by atoms with van der Waals surface area (Å²) >= 11 is 1.38.